The zero-order chi connectivity index (χ0) is 15.1. The molecule has 0 saturated heterocycles. The summed E-state index contributed by atoms with van der Waals surface area (Å²) in [6.45, 7) is 4.89. The Morgan fingerprint density at radius 2 is 2.10 bits per heavy atom. The number of amides is 1. The molecule has 2 aromatic rings. The lowest BCUT2D eigenvalue weighted by molar-refractivity contribution is -0.118. The van der Waals surface area contributed by atoms with Gasteiger partial charge in [-0.1, -0.05) is 6.92 Å². The fourth-order valence-corrected chi connectivity index (χ4v) is 2.68. The van der Waals surface area contributed by atoms with Gasteiger partial charge < -0.3 is 10.1 Å². The molecule has 21 heavy (non-hydrogen) atoms. The van der Waals surface area contributed by atoms with E-state index in [0.717, 1.165) is 29.2 Å². The van der Waals surface area contributed by atoms with Crippen molar-refractivity contribution in [2.45, 2.75) is 26.7 Å². The smallest absolute Gasteiger partial charge is 0.216 e. The molecule has 2 rings (SSSR count). The summed E-state index contributed by atoms with van der Waals surface area (Å²) in [5.41, 5.74) is 1.12. The van der Waals surface area contributed by atoms with E-state index in [1.165, 1.54) is 11.8 Å². The molecule has 0 spiro atoms. The molecule has 0 unspecified atom stereocenters. The van der Waals surface area contributed by atoms with Crippen molar-refractivity contribution in [2.75, 3.05) is 13.2 Å². The summed E-state index contributed by atoms with van der Waals surface area (Å²) in [5.74, 6) is 0.836. The third-order valence-corrected chi connectivity index (χ3v) is 4.16. The quantitative estimate of drug-likeness (QED) is 0.799. The number of aryl methyl sites for hydroxylation is 1. The summed E-state index contributed by atoms with van der Waals surface area (Å²) >= 11 is 1.73. The van der Waals surface area contributed by atoms with E-state index in [1.807, 2.05) is 30.5 Å². The molecule has 0 saturated carbocycles. The molecule has 0 aliphatic rings. The van der Waals surface area contributed by atoms with Crippen molar-refractivity contribution in [3.63, 3.8) is 0 Å². The summed E-state index contributed by atoms with van der Waals surface area (Å²) in [6, 6.07) is 7.98. The average molecular weight is 304 g/mol. The second-order valence-electron chi connectivity index (χ2n) is 4.69. The van der Waals surface area contributed by atoms with Crippen LogP contribution in [0.3, 0.4) is 0 Å². The Bertz CT molecular complexity index is 578. The van der Waals surface area contributed by atoms with Gasteiger partial charge >= 0.3 is 0 Å². The lowest BCUT2D eigenvalue weighted by Crippen LogP contribution is -2.22. The minimum absolute atomic E-state index is 0.00532. The van der Waals surface area contributed by atoms with Gasteiger partial charge in [0, 0.05) is 30.1 Å². The molecular formula is C16H20N2O2S. The number of ether oxygens (including phenoxy) is 1. The third kappa shape index (κ3) is 4.86. The first-order valence-corrected chi connectivity index (χ1v) is 7.93. The normalized spacial score (nSPS) is 10.4. The van der Waals surface area contributed by atoms with Crippen LogP contribution in [0.4, 0.5) is 0 Å². The molecule has 0 bridgehead atoms. The van der Waals surface area contributed by atoms with Crippen LogP contribution < -0.4 is 10.1 Å². The van der Waals surface area contributed by atoms with Crippen molar-refractivity contribution < 1.29 is 9.53 Å². The van der Waals surface area contributed by atoms with E-state index in [9.17, 15) is 4.79 Å². The number of hydrogen-bond acceptors (Lipinski definition) is 4. The van der Waals surface area contributed by atoms with E-state index in [-0.39, 0.29) is 5.91 Å². The molecule has 0 atom stereocenters. The van der Waals surface area contributed by atoms with Gasteiger partial charge in [0.15, 0.2) is 0 Å². The Hall–Kier alpha value is -1.88. The van der Waals surface area contributed by atoms with Crippen molar-refractivity contribution >= 4 is 17.2 Å². The molecule has 1 amide bonds. The van der Waals surface area contributed by atoms with Crippen molar-refractivity contribution in [3.8, 4) is 16.3 Å². The summed E-state index contributed by atoms with van der Waals surface area (Å²) in [4.78, 5) is 16.4. The number of benzene rings is 1. The maximum absolute atomic E-state index is 10.7. The van der Waals surface area contributed by atoms with Crippen LogP contribution in [-0.2, 0) is 11.2 Å². The van der Waals surface area contributed by atoms with E-state index < -0.39 is 0 Å². The monoisotopic (exact) mass is 304 g/mol. The topological polar surface area (TPSA) is 51.2 Å². The van der Waals surface area contributed by atoms with Crippen LogP contribution in [0.2, 0.25) is 0 Å². The maximum Gasteiger partial charge on any atom is 0.216 e. The number of hydrogen-bond donors (Lipinski definition) is 1. The van der Waals surface area contributed by atoms with Crippen LogP contribution in [0.5, 0.6) is 5.75 Å². The summed E-state index contributed by atoms with van der Waals surface area (Å²) < 4.78 is 5.64. The van der Waals surface area contributed by atoms with E-state index in [0.29, 0.717) is 13.2 Å². The van der Waals surface area contributed by atoms with Gasteiger partial charge in [0.25, 0.3) is 0 Å². The van der Waals surface area contributed by atoms with E-state index in [4.69, 9.17) is 4.74 Å². The fraction of sp³-hybridized carbons (Fsp3) is 0.375. The van der Waals surface area contributed by atoms with E-state index >= 15 is 0 Å². The highest BCUT2D eigenvalue weighted by atomic mass is 32.1. The number of thiazole rings is 1. The first-order chi connectivity index (χ1) is 10.2. The number of aromatic nitrogens is 1. The Balaban J connectivity index is 1.83. The van der Waals surface area contributed by atoms with Crippen LogP contribution in [0.1, 0.15) is 25.1 Å². The van der Waals surface area contributed by atoms with Gasteiger partial charge in [-0.25, -0.2) is 4.98 Å². The molecule has 1 heterocycles. The average Bonchev–Trinajstić information content (AvgIpc) is 2.96. The van der Waals surface area contributed by atoms with Crippen LogP contribution in [0.15, 0.2) is 30.5 Å². The molecule has 1 N–H and O–H groups in total. The van der Waals surface area contributed by atoms with Crippen molar-refractivity contribution in [3.05, 3.63) is 35.3 Å². The van der Waals surface area contributed by atoms with E-state index in [1.54, 1.807) is 11.3 Å². The summed E-state index contributed by atoms with van der Waals surface area (Å²) in [7, 11) is 0. The highest BCUT2D eigenvalue weighted by Crippen LogP contribution is 2.27. The number of nitrogens with zero attached hydrogens (tertiary/aromatic N) is 1. The van der Waals surface area contributed by atoms with Gasteiger partial charge in [-0.3, -0.25) is 4.79 Å². The predicted molar refractivity (Wildman–Crippen MR) is 85.7 cm³/mol. The second-order valence-corrected chi connectivity index (χ2v) is 5.81. The Labute approximate surface area is 129 Å². The Kier molecular flexibility index (Phi) is 5.75. The molecule has 0 fully saturated rings. The third-order valence-electron chi connectivity index (χ3n) is 2.97. The number of nitrogens with one attached hydrogen (secondary N) is 1. The summed E-state index contributed by atoms with van der Waals surface area (Å²) in [6.07, 6.45) is 3.76. The minimum atomic E-state index is -0.00532. The molecule has 0 radical (unpaired) electrons. The van der Waals surface area contributed by atoms with Crippen LogP contribution in [0.25, 0.3) is 10.6 Å². The summed E-state index contributed by atoms with van der Waals surface area (Å²) in [5, 5.41) is 3.79. The van der Waals surface area contributed by atoms with Crippen molar-refractivity contribution in [1.82, 2.24) is 10.3 Å². The van der Waals surface area contributed by atoms with Gasteiger partial charge in [-0.2, -0.15) is 0 Å². The van der Waals surface area contributed by atoms with Crippen LogP contribution in [-0.4, -0.2) is 24.0 Å². The number of carbonyl (C=O) groups excluding carboxylic acids is 1. The van der Waals surface area contributed by atoms with E-state index in [2.05, 4.69) is 17.2 Å². The number of rotatable bonds is 7. The molecule has 112 valence electrons. The van der Waals surface area contributed by atoms with Crippen molar-refractivity contribution in [2.24, 2.45) is 0 Å². The molecular weight excluding hydrogens is 284 g/mol. The van der Waals surface area contributed by atoms with Crippen molar-refractivity contribution in [1.29, 1.82) is 0 Å². The van der Waals surface area contributed by atoms with Gasteiger partial charge in [-0.15, -0.1) is 11.3 Å². The zero-order valence-corrected chi connectivity index (χ0v) is 13.2. The Morgan fingerprint density at radius 3 is 2.71 bits per heavy atom. The largest absolute Gasteiger partial charge is 0.494 e. The van der Waals surface area contributed by atoms with Crippen LogP contribution in [0, 0.1) is 0 Å². The predicted octanol–water partition coefficient (Wildman–Crippen LogP) is 3.28. The lowest BCUT2D eigenvalue weighted by atomic mass is 10.2. The van der Waals surface area contributed by atoms with Crippen LogP contribution >= 0.6 is 11.3 Å². The molecule has 5 heteroatoms. The van der Waals surface area contributed by atoms with Gasteiger partial charge in [0.1, 0.15) is 10.8 Å². The first-order valence-electron chi connectivity index (χ1n) is 7.11. The highest BCUT2D eigenvalue weighted by molar-refractivity contribution is 7.15. The maximum atomic E-state index is 10.7. The zero-order valence-electron chi connectivity index (χ0n) is 12.4. The first kappa shape index (κ1) is 15.5. The molecule has 0 aliphatic carbocycles. The molecule has 1 aromatic carbocycles. The second kappa shape index (κ2) is 7.78. The van der Waals surface area contributed by atoms with Gasteiger partial charge in [0.2, 0.25) is 5.91 Å². The molecule has 4 nitrogen and oxygen atoms in total. The van der Waals surface area contributed by atoms with Gasteiger partial charge in [-0.05, 0) is 37.1 Å². The molecule has 0 aliphatic heterocycles. The highest BCUT2D eigenvalue weighted by Gasteiger charge is 2.04. The number of carbonyl (C=O) groups is 1. The van der Waals surface area contributed by atoms with Gasteiger partial charge in [0.05, 0.1) is 6.61 Å². The lowest BCUT2D eigenvalue weighted by Gasteiger charge is -2.07. The SMILES string of the molecule is CCc1cnc(-c2ccc(OCCCNC(C)=O)cc2)s1. The Morgan fingerprint density at radius 1 is 1.33 bits per heavy atom. The fourth-order valence-electron chi connectivity index (χ4n) is 1.82. The minimum Gasteiger partial charge on any atom is -0.494 e. The molecule has 1 aromatic heterocycles. The standard InChI is InChI=1S/C16H20N2O2S/c1-3-15-11-18-16(21-15)13-5-7-14(8-6-13)20-10-4-9-17-12(2)19/h5-8,11H,3-4,9-10H2,1-2H3,(H,17,19).